The van der Waals surface area contributed by atoms with Gasteiger partial charge in [0.2, 0.25) is 0 Å². The van der Waals surface area contributed by atoms with Crippen LogP contribution in [-0.2, 0) is 28.7 Å². The van der Waals surface area contributed by atoms with Crippen molar-refractivity contribution >= 4 is 160 Å². The molecule has 0 spiro atoms. The zero-order chi connectivity index (χ0) is 75.2. The summed E-state index contributed by atoms with van der Waals surface area (Å²) < 4.78 is 0. The van der Waals surface area contributed by atoms with Gasteiger partial charge in [0.25, 0.3) is 22.7 Å². The van der Waals surface area contributed by atoms with Crippen LogP contribution in [0, 0.1) is 40.5 Å². The van der Waals surface area contributed by atoms with Gasteiger partial charge in [-0.25, -0.2) is 0 Å². The fourth-order valence-electron chi connectivity index (χ4n) is 9.28. The number of nitro benzene ring substituents is 4. The zero-order valence-corrected chi connectivity index (χ0v) is 58.4. The van der Waals surface area contributed by atoms with E-state index < -0.39 is 31.1 Å². The molecule has 0 saturated carbocycles. The van der Waals surface area contributed by atoms with Crippen molar-refractivity contribution in [2.75, 3.05) is 5.73 Å². The molecule has 27 nitrogen and oxygen atoms in total. The molecular formula is C72H55Cl3Cr2N11O16. The van der Waals surface area contributed by atoms with Crippen LogP contribution in [-0.4, -0.2) is 60.5 Å². The Bertz CT molecular complexity index is 4980. The smallest absolute Gasteiger partial charge is 0 e. The number of nitrogens with zero attached hydrogens (tertiary/aromatic N) is 10. The molecule has 0 heterocycles. The van der Waals surface area contributed by atoms with Gasteiger partial charge in [-0.2, -0.15) is 0 Å². The summed E-state index contributed by atoms with van der Waals surface area (Å²) in [4.78, 5) is 39.8. The predicted octanol–water partition coefficient (Wildman–Crippen LogP) is 21.8. The van der Waals surface area contributed by atoms with Gasteiger partial charge in [0.1, 0.15) is 62.9 Å². The minimum Gasteiger partial charge on any atom is 0 e. The maximum atomic E-state index is 10.7. The second-order valence-corrected chi connectivity index (χ2v) is 27.1. The number of aromatic hydroxyl groups is 8. The molecule has 104 heavy (non-hydrogen) atoms. The summed E-state index contributed by atoms with van der Waals surface area (Å²) in [6, 6.07) is 52.9. The first kappa shape index (κ1) is 80.2. The Morgan fingerprint density at radius 3 is 0.856 bits per heavy atom. The van der Waals surface area contributed by atoms with Gasteiger partial charge in [-0.3, -0.25) is 40.5 Å². The van der Waals surface area contributed by atoms with Gasteiger partial charge in [-0.1, -0.05) is 148 Å². The average Bonchev–Trinajstić information content (AvgIpc) is 0.802. The molecule has 12 aromatic carbocycles. The normalized spacial score (nSPS) is 10.6. The van der Waals surface area contributed by atoms with Crippen molar-refractivity contribution in [2.45, 2.75) is 0 Å². The van der Waals surface area contributed by atoms with E-state index in [0.717, 1.165) is 56.8 Å². The first-order chi connectivity index (χ1) is 49.2. The van der Waals surface area contributed by atoms with E-state index in [2.05, 4.69) is 57.0 Å². The number of halogens is 3. The van der Waals surface area contributed by atoms with Gasteiger partial charge in [0.15, 0.2) is 17.2 Å². The summed E-state index contributed by atoms with van der Waals surface area (Å²) in [6.45, 7) is 14.6. The van der Waals surface area contributed by atoms with Gasteiger partial charge >= 0.3 is 41.5 Å². The Morgan fingerprint density at radius 1 is 0.337 bits per heavy atom. The molecule has 527 valence electrons. The monoisotopic (exact) mass is 1540 g/mol. The van der Waals surface area contributed by atoms with Gasteiger partial charge in [-0.05, 0) is 81.5 Å². The van der Waals surface area contributed by atoms with Crippen LogP contribution in [0.3, 0.4) is 0 Å². The Morgan fingerprint density at radius 2 is 0.587 bits per heavy atom. The molecule has 12 aromatic rings. The number of hydrogen-bond donors (Lipinski definition) is 9. The molecule has 10 N–H and O–H groups in total. The third-order valence-electron chi connectivity index (χ3n) is 14.4. The fourth-order valence-corrected chi connectivity index (χ4v) is 9.28. The van der Waals surface area contributed by atoms with Crippen LogP contribution in [0.25, 0.3) is 67.4 Å². The van der Waals surface area contributed by atoms with E-state index in [1.165, 1.54) is 66.8 Å². The van der Waals surface area contributed by atoms with Crippen LogP contribution in [0.4, 0.5) is 62.6 Å². The number of nitrogens with two attached hydrogens (primary N) is 1. The molecule has 0 saturated heterocycles. The van der Waals surface area contributed by atoms with Crippen LogP contribution in [0.15, 0.2) is 257 Å². The Hall–Kier alpha value is -12.8. The summed E-state index contributed by atoms with van der Waals surface area (Å²) in [5, 5.41) is 152. The molecule has 12 rings (SSSR count). The van der Waals surface area contributed by atoms with Crippen molar-refractivity contribution in [3.63, 3.8) is 0 Å². The van der Waals surface area contributed by atoms with E-state index in [1.54, 1.807) is 66.7 Å². The minimum atomic E-state index is -1.62. The summed E-state index contributed by atoms with van der Waals surface area (Å²) in [6.07, 6.45) is 6.17. The minimum absolute atomic E-state index is 0. The average molecular weight is 1540 g/mol. The summed E-state index contributed by atoms with van der Waals surface area (Å²) in [7, 11) is 14.8. The quantitative estimate of drug-likeness (QED) is 0.0160. The van der Waals surface area contributed by atoms with Crippen molar-refractivity contribution in [1.82, 2.24) is 0 Å². The molecule has 0 fully saturated rings. The number of hydrogen-bond acceptors (Lipinski definition) is 23. The Labute approximate surface area is 617 Å². The molecule has 0 radical (unpaired) electrons. The van der Waals surface area contributed by atoms with E-state index >= 15 is 0 Å². The number of azo groups is 3. The maximum absolute atomic E-state index is 10.7. The van der Waals surface area contributed by atoms with Gasteiger partial charge in [0.05, 0.1) is 49.6 Å². The molecule has 0 bridgehead atoms. The zero-order valence-electron chi connectivity index (χ0n) is 53.5. The molecule has 0 atom stereocenters. The molecule has 0 aromatic heterocycles. The number of nitrogen functional groups attached to an aromatic ring is 1. The van der Waals surface area contributed by atoms with Crippen LogP contribution in [0.5, 0.6) is 46.0 Å². The van der Waals surface area contributed by atoms with E-state index in [4.69, 9.17) is 41.0 Å². The molecule has 0 unspecified atom stereocenters. The first-order valence-electron chi connectivity index (χ1n) is 29.3. The van der Waals surface area contributed by atoms with Crippen molar-refractivity contribution in [3.05, 3.63) is 289 Å². The maximum Gasteiger partial charge on any atom is 0 e. The Balaban J connectivity index is 0.000000207. The molecule has 32 heteroatoms. The number of phenols is 8. The van der Waals surface area contributed by atoms with Crippen molar-refractivity contribution < 1.29 is 89.3 Å². The number of benzene rings is 12. The number of fused-ring (bicyclic) bond motifs is 4. The van der Waals surface area contributed by atoms with Crippen molar-refractivity contribution in [2.24, 2.45) is 30.7 Å². The topological polar surface area (TPSA) is 435 Å². The molecule has 0 aliphatic heterocycles. The van der Waals surface area contributed by atoms with Gasteiger partial charge in [0, 0.05) is 80.0 Å². The molecular weight excluding hydrogens is 1490 g/mol. The van der Waals surface area contributed by atoms with Crippen LogP contribution in [0.1, 0.15) is 22.3 Å². The summed E-state index contributed by atoms with van der Waals surface area (Å²) in [5.74, 6) is -1.35. The number of non-ortho nitro benzene ring substituents is 4. The standard InChI is InChI=1S/3C18H13N3O4.C12H10O.C6H6N2O3.3ClH.2Cr/c3*1-2-11-9-12-5-3-4-6-14(12)17(18(11)23)20-19-15-8-7-13(21(24)25)10-16(15)22;1-2-9-7-10-5-3-4-6-11(10)8-12(9)13;7-5-2-1-4(8(10)11)3-6(5)9;;;;;/h3*2-10,22-23H,1H2;2-8,13H,1H2;1-3,9H,7H2;3*1H;;/q;;;;;;;;;+3/p-3. The molecule has 0 aliphatic rings. The van der Waals surface area contributed by atoms with E-state index in [0.29, 0.717) is 32.8 Å². The second-order valence-electron chi connectivity index (χ2n) is 20.8. The fraction of sp³-hybridized carbons (Fsp3) is 0. The third kappa shape index (κ3) is 20.9. The molecule has 0 aliphatic carbocycles. The largest absolute Gasteiger partial charge is 0 e. The second kappa shape index (κ2) is 37.6. The predicted molar refractivity (Wildman–Crippen MR) is 396 cm³/mol. The summed E-state index contributed by atoms with van der Waals surface area (Å²) >= 11 is -1.62. The van der Waals surface area contributed by atoms with E-state index in [-0.39, 0.29) is 126 Å². The van der Waals surface area contributed by atoms with Crippen molar-refractivity contribution in [3.8, 4) is 46.0 Å². The van der Waals surface area contributed by atoms with Gasteiger partial charge < -0.3 is 46.6 Å². The Kier molecular flexibility index (Phi) is 28.9. The van der Waals surface area contributed by atoms with Crippen molar-refractivity contribution in [1.29, 1.82) is 0 Å². The summed E-state index contributed by atoms with van der Waals surface area (Å²) in [5.41, 5.74) is 7.55. The van der Waals surface area contributed by atoms with E-state index in [1.807, 2.05) is 66.7 Å². The number of nitro groups is 4. The van der Waals surface area contributed by atoms with Crippen LogP contribution < -0.4 is 5.73 Å². The van der Waals surface area contributed by atoms with E-state index in [9.17, 15) is 76.2 Å². The van der Waals surface area contributed by atoms with Crippen LogP contribution in [0.2, 0.25) is 0 Å². The number of anilines is 1. The number of rotatable bonds is 14. The van der Waals surface area contributed by atoms with Crippen LogP contribution >= 0.6 is 30.1 Å². The SMILES string of the molecule is C=Cc1cc2ccccc2c(N=Nc2ccc([N+](=O)[O-])cc2O)c1O.C=Cc1cc2ccccc2c(N=Nc2ccc([N+](=O)[O-])cc2O)c1O.C=Cc1cc2ccccc2c(N=Nc2ccc([N+](=O)[O-])cc2O)c1O.C=Cc1cc2ccccc2cc1O.Nc1ccc([N+](=O)[O-])cc1O.[Cl][Cr]([Cl])[Cl].[Cr]. The molecule has 0 amide bonds. The third-order valence-corrected chi connectivity index (χ3v) is 14.4. The van der Waals surface area contributed by atoms with Gasteiger partial charge in [-0.15, -0.1) is 30.7 Å². The number of phenolic OH excluding ortho intramolecular Hbond substituents is 8. The first-order valence-corrected chi connectivity index (χ1v) is 34.5.